The Morgan fingerprint density at radius 3 is 2.90 bits per heavy atom. The second-order valence-corrected chi connectivity index (χ2v) is 6.77. The Morgan fingerprint density at radius 1 is 1.43 bits per heavy atom. The summed E-state index contributed by atoms with van der Waals surface area (Å²) in [6, 6.07) is 2.62. The van der Waals surface area contributed by atoms with Gasteiger partial charge in [0.05, 0.1) is 5.02 Å². The summed E-state index contributed by atoms with van der Waals surface area (Å²) in [5, 5.41) is 4.15. The maximum Gasteiger partial charge on any atom is 0.147 e. The maximum atomic E-state index is 6.46. The summed E-state index contributed by atoms with van der Waals surface area (Å²) >= 11 is 6.46. The lowest BCUT2D eigenvalue weighted by Crippen LogP contribution is -2.36. The number of nitrogens with one attached hydrogen (secondary N) is 1. The topological polar surface area (TPSA) is 28.2 Å². The van der Waals surface area contributed by atoms with Gasteiger partial charge in [0.25, 0.3) is 0 Å². The number of anilines is 1. The lowest BCUT2D eigenvalue weighted by atomic mass is 9.86. The Kier molecular flexibility index (Phi) is 6.31. The summed E-state index contributed by atoms with van der Waals surface area (Å²) in [4.78, 5) is 6.89. The third-order valence-corrected chi connectivity index (χ3v) is 4.70. The molecule has 0 aromatic carbocycles. The van der Waals surface area contributed by atoms with Gasteiger partial charge >= 0.3 is 0 Å². The van der Waals surface area contributed by atoms with Gasteiger partial charge in [-0.15, -0.1) is 0 Å². The zero-order chi connectivity index (χ0) is 15.2. The third-order valence-electron chi connectivity index (χ3n) is 4.42. The van der Waals surface area contributed by atoms with Gasteiger partial charge in [-0.25, -0.2) is 4.98 Å². The van der Waals surface area contributed by atoms with Crippen molar-refractivity contribution in [2.45, 2.75) is 58.5 Å². The molecule has 2 rings (SSSR count). The first-order chi connectivity index (χ1) is 10.1. The first kappa shape index (κ1) is 16.6. The smallest absolute Gasteiger partial charge is 0.147 e. The fourth-order valence-corrected chi connectivity index (χ4v) is 3.49. The molecule has 0 spiro atoms. The molecule has 0 aliphatic heterocycles. The molecule has 1 aliphatic carbocycles. The molecule has 0 radical (unpaired) electrons. The van der Waals surface area contributed by atoms with Gasteiger partial charge in [-0.1, -0.05) is 38.3 Å². The Bertz CT molecular complexity index is 450. The molecule has 4 heteroatoms. The number of halogens is 1. The van der Waals surface area contributed by atoms with Gasteiger partial charge < -0.3 is 10.2 Å². The average Bonchev–Trinajstić information content (AvgIpc) is 2.47. The minimum atomic E-state index is 0.572. The van der Waals surface area contributed by atoms with Crippen LogP contribution in [0.2, 0.25) is 5.02 Å². The van der Waals surface area contributed by atoms with E-state index in [1.807, 2.05) is 6.20 Å². The Labute approximate surface area is 134 Å². The molecule has 1 saturated carbocycles. The van der Waals surface area contributed by atoms with Gasteiger partial charge in [-0.3, -0.25) is 0 Å². The van der Waals surface area contributed by atoms with Crippen LogP contribution in [-0.2, 0) is 6.54 Å². The van der Waals surface area contributed by atoms with Crippen LogP contribution in [0.3, 0.4) is 0 Å². The predicted octanol–water partition coefficient (Wildman–Crippen LogP) is 4.25. The quantitative estimate of drug-likeness (QED) is 0.796. The van der Waals surface area contributed by atoms with Crippen LogP contribution in [-0.4, -0.2) is 24.6 Å². The molecule has 1 aliphatic rings. The number of hydrogen-bond donors (Lipinski definition) is 1. The van der Waals surface area contributed by atoms with Crippen molar-refractivity contribution >= 4 is 17.4 Å². The van der Waals surface area contributed by atoms with Gasteiger partial charge in [0.2, 0.25) is 0 Å². The van der Waals surface area contributed by atoms with Gasteiger partial charge in [0.15, 0.2) is 0 Å². The molecular formula is C17H28ClN3. The molecule has 2 atom stereocenters. The van der Waals surface area contributed by atoms with Crippen LogP contribution in [0.1, 0.15) is 51.5 Å². The van der Waals surface area contributed by atoms with Crippen molar-refractivity contribution < 1.29 is 0 Å². The van der Waals surface area contributed by atoms with Crippen molar-refractivity contribution in [2.75, 3.05) is 18.5 Å². The van der Waals surface area contributed by atoms with E-state index in [1.165, 1.54) is 25.7 Å². The average molecular weight is 310 g/mol. The summed E-state index contributed by atoms with van der Waals surface area (Å²) < 4.78 is 0. The normalized spacial score (nSPS) is 22.3. The predicted molar refractivity (Wildman–Crippen MR) is 91.1 cm³/mol. The zero-order valence-corrected chi connectivity index (χ0v) is 14.3. The number of pyridine rings is 1. The van der Waals surface area contributed by atoms with Crippen LogP contribution in [0.4, 0.5) is 5.82 Å². The van der Waals surface area contributed by atoms with Crippen LogP contribution >= 0.6 is 11.6 Å². The van der Waals surface area contributed by atoms with E-state index in [4.69, 9.17) is 11.6 Å². The van der Waals surface area contributed by atoms with Gasteiger partial charge in [0.1, 0.15) is 5.82 Å². The second kappa shape index (κ2) is 8.00. The molecule has 0 bridgehead atoms. The Hall–Kier alpha value is -0.800. The van der Waals surface area contributed by atoms with E-state index in [0.717, 1.165) is 41.8 Å². The number of nitrogens with zero attached hydrogens (tertiary/aromatic N) is 2. The van der Waals surface area contributed by atoms with E-state index in [2.05, 4.69) is 42.2 Å². The van der Waals surface area contributed by atoms with E-state index in [0.29, 0.717) is 6.04 Å². The molecule has 21 heavy (non-hydrogen) atoms. The van der Waals surface area contributed by atoms with Crippen molar-refractivity contribution in [3.05, 3.63) is 22.8 Å². The SMILES string of the molecule is CCCNCc1cnc(N(C)C2CCCC(C)C2)c(Cl)c1. The van der Waals surface area contributed by atoms with Crippen molar-refractivity contribution in [2.24, 2.45) is 5.92 Å². The maximum absolute atomic E-state index is 6.46. The summed E-state index contributed by atoms with van der Waals surface area (Å²) in [7, 11) is 2.13. The van der Waals surface area contributed by atoms with Crippen LogP contribution < -0.4 is 10.2 Å². The number of hydrogen-bond acceptors (Lipinski definition) is 3. The molecule has 3 nitrogen and oxygen atoms in total. The van der Waals surface area contributed by atoms with Crippen LogP contribution in [0.15, 0.2) is 12.3 Å². The second-order valence-electron chi connectivity index (χ2n) is 6.36. The van der Waals surface area contributed by atoms with Crippen molar-refractivity contribution in [1.29, 1.82) is 0 Å². The standard InChI is InChI=1S/C17H28ClN3/c1-4-8-19-11-14-10-16(18)17(20-12-14)21(3)15-7-5-6-13(2)9-15/h10,12-13,15,19H,4-9,11H2,1-3H3. The minimum Gasteiger partial charge on any atom is -0.355 e. The molecule has 1 N–H and O–H groups in total. The third kappa shape index (κ3) is 4.58. The van der Waals surface area contributed by atoms with Gasteiger partial charge in [-0.2, -0.15) is 0 Å². The molecule has 118 valence electrons. The molecule has 0 saturated heterocycles. The van der Waals surface area contributed by atoms with E-state index in [-0.39, 0.29) is 0 Å². The van der Waals surface area contributed by atoms with Crippen molar-refractivity contribution in [3.63, 3.8) is 0 Å². The first-order valence-corrected chi connectivity index (χ1v) is 8.57. The molecule has 2 unspecified atom stereocenters. The van der Waals surface area contributed by atoms with Crippen molar-refractivity contribution in [1.82, 2.24) is 10.3 Å². The van der Waals surface area contributed by atoms with Crippen LogP contribution in [0.5, 0.6) is 0 Å². The lowest BCUT2D eigenvalue weighted by Gasteiger charge is -2.35. The molecule has 1 aromatic rings. The summed E-state index contributed by atoms with van der Waals surface area (Å²) in [6.07, 6.45) is 8.25. The highest BCUT2D eigenvalue weighted by Gasteiger charge is 2.24. The molecular weight excluding hydrogens is 282 g/mol. The van der Waals surface area contributed by atoms with E-state index < -0.39 is 0 Å². The zero-order valence-electron chi connectivity index (χ0n) is 13.5. The fourth-order valence-electron chi connectivity index (χ4n) is 3.16. The van der Waals surface area contributed by atoms with Gasteiger partial charge in [-0.05, 0) is 43.4 Å². The Balaban J connectivity index is 2.02. The van der Waals surface area contributed by atoms with E-state index in [1.54, 1.807) is 0 Å². The van der Waals surface area contributed by atoms with Crippen molar-refractivity contribution in [3.8, 4) is 0 Å². The highest BCUT2D eigenvalue weighted by atomic mass is 35.5. The van der Waals surface area contributed by atoms with Crippen LogP contribution in [0, 0.1) is 5.92 Å². The van der Waals surface area contributed by atoms with E-state index in [9.17, 15) is 0 Å². The highest BCUT2D eigenvalue weighted by molar-refractivity contribution is 6.33. The van der Waals surface area contributed by atoms with Crippen LogP contribution in [0.25, 0.3) is 0 Å². The minimum absolute atomic E-state index is 0.572. The fraction of sp³-hybridized carbons (Fsp3) is 0.706. The lowest BCUT2D eigenvalue weighted by molar-refractivity contribution is 0.335. The first-order valence-electron chi connectivity index (χ1n) is 8.19. The molecule has 0 amide bonds. The number of aromatic nitrogens is 1. The molecule has 1 fully saturated rings. The number of rotatable bonds is 6. The van der Waals surface area contributed by atoms with E-state index >= 15 is 0 Å². The largest absolute Gasteiger partial charge is 0.355 e. The summed E-state index contributed by atoms with van der Waals surface area (Å²) in [5.41, 5.74) is 1.16. The summed E-state index contributed by atoms with van der Waals surface area (Å²) in [5.74, 6) is 1.73. The molecule has 1 heterocycles. The van der Waals surface area contributed by atoms with Gasteiger partial charge in [0, 0.05) is 25.8 Å². The highest BCUT2D eigenvalue weighted by Crippen LogP contribution is 2.32. The monoisotopic (exact) mass is 309 g/mol. The molecule has 1 aromatic heterocycles. The summed E-state index contributed by atoms with van der Waals surface area (Å²) in [6.45, 7) is 6.38. The Morgan fingerprint density at radius 2 is 2.24 bits per heavy atom.